The summed E-state index contributed by atoms with van der Waals surface area (Å²) in [5, 5.41) is 0.335. The number of hydrogen-bond acceptors (Lipinski definition) is 2. The predicted molar refractivity (Wildman–Crippen MR) is 103 cm³/mol. The Labute approximate surface area is 147 Å². The average molecular weight is 330 g/mol. The van der Waals surface area contributed by atoms with Gasteiger partial charge in [0.1, 0.15) is 5.75 Å². The molecular formula is C22H18OS. The van der Waals surface area contributed by atoms with Gasteiger partial charge in [0.2, 0.25) is 0 Å². The maximum atomic E-state index is 5.28. The number of benzene rings is 3. The van der Waals surface area contributed by atoms with Crippen LogP contribution in [0.5, 0.6) is 5.75 Å². The highest BCUT2D eigenvalue weighted by atomic mass is 32.2. The molecule has 0 amide bonds. The van der Waals surface area contributed by atoms with Crippen molar-refractivity contribution in [2.24, 2.45) is 0 Å². The van der Waals surface area contributed by atoms with Crippen molar-refractivity contribution in [1.82, 2.24) is 0 Å². The van der Waals surface area contributed by atoms with Gasteiger partial charge in [0.15, 0.2) is 0 Å². The van der Waals surface area contributed by atoms with Gasteiger partial charge in [-0.15, -0.1) is 11.8 Å². The van der Waals surface area contributed by atoms with Crippen LogP contribution in [0.25, 0.3) is 11.0 Å². The molecule has 0 saturated heterocycles. The van der Waals surface area contributed by atoms with E-state index < -0.39 is 0 Å². The van der Waals surface area contributed by atoms with E-state index in [1.807, 2.05) is 23.9 Å². The first-order chi connectivity index (χ1) is 11.8. The van der Waals surface area contributed by atoms with Crippen LogP contribution in [0.1, 0.15) is 27.5 Å². The Bertz CT molecular complexity index is 866. The Morgan fingerprint density at radius 1 is 0.833 bits per heavy atom. The minimum Gasteiger partial charge on any atom is -0.497 e. The molecule has 2 heteroatoms. The van der Waals surface area contributed by atoms with E-state index in [0.29, 0.717) is 5.25 Å². The van der Waals surface area contributed by atoms with Crippen molar-refractivity contribution in [3.05, 3.63) is 101 Å². The van der Waals surface area contributed by atoms with Crippen LogP contribution in [-0.4, -0.2) is 7.11 Å². The second kappa shape index (κ2) is 6.58. The summed E-state index contributed by atoms with van der Waals surface area (Å²) in [5.41, 5.74) is 5.27. The van der Waals surface area contributed by atoms with Gasteiger partial charge in [-0.1, -0.05) is 66.7 Å². The standard InChI is InChI=1S/C22H18OS/c1-23-18-13-11-17(12-14-18)22-20-10-6-5-9-19(20)21(24-22)15-16-7-3-2-4-8-16/h2-15,22H,1H3/b21-15+. The maximum Gasteiger partial charge on any atom is 0.118 e. The second-order valence-corrected chi connectivity index (χ2v) is 6.92. The van der Waals surface area contributed by atoms with Crippen molar-refractivity contribution < 1.29 is 4.74 Å². The third kappa shape index (κ3) is 2.85. The summed E-state index contributed by atoms with van der Waals surface area (Å²) in [6, 6.07) is 27.6. The molecule has 3 aromatic carbocycles. The maximum absolute atomic E-state index is 5.28. The van der Waals surface area contributed by atoms with Crippen molar-refractivity contribution in [1.29, 1.82) is 0 Å². The van der Waals surface area contributed by atoms with E-state index in [1.165, 1.54) is 27.2 Å². The van der Waals surface area contributed by atoms with Crippen LogP contribution in [-0.2, 0) is 0 Å². The lowest BCUT2D eigenvalue weighted by Crippen LogP contribution is -1.93. The van der Waals surface area contributed by atoms with Crippen LogP contribution in [0.15, 0.2) is 78.9 Å². The molecule has 1 nitrogen and oxygen atoms in total. The molecule has 1 aliphatic heterocycles. The lowest BCUT2D eigenvalue weighted by molar-refractivity contribution is 0.414. The Kier molecular flexibility index (Phi) is 4.14. The molecule has 0 saturated carbocycles. The number of rotatable bonds is 3. The van der Waals surface area contributed by atoms with Gasteiger partial charge >= 0.3 is 0 Å². The first-order valence-corrected chi connectivity index (χ1v) is 8.90. The summed E-state index contributed by atoms with van der Waals surface area (Å²) in [7, 11) is 1.70. The fourth-order valence-corrected chi connectivity index (χ4v) is 4.44. The molecule has 0 bridgehead atoms. The first kappa shape index (κ1) is 15.1. The van der Waals surface area contributed by atoms with Crippen molar-refractivity contribution in [2.75, 3.05) is 7.11 Å². The van der Waals surface area contributed by atoms with Gasteiger partial charge in [-0.3, -0.25) is 0 Å². The number of ether oxygens (including phenoxy) is 1. The molecule has 24 heavy (non-hydrogen) atoms. The Morgan fingerprint density at radius 2 is 1.54 bits per heavy atom. The number of thioether (sulfide) groups is 1. The molecule has 0 spiro atoms. The minimum atomic E-state index is 0.335. The molecule has 118 valence electrons. The van der Waals surface area contributed by atoms with Gasteiger partial charge in [0, 0.05) is 4.91 Å². The van der Waals surface area contributed by atoms with E-state index >= 15 is 0 Å². The number of methoxy groups -OCH3 is 1. The average Bonchev–Trinajstić information content (AvgIpc) is 3.01. The summed E-state index contributed by atoms with van der Waals surface area (Å²) in [4.78, 5) is 1.33. The lowest BCUT2D eigenvalue weighted by atomic mass is 9.99. The van der Waals surface area contributed by atoms with E-state index in [-0.39, 0.29) is 0 Å². The summed E-state index contributed by atoms with van der Waals surface area (Å²) < 4.78 is 5.28. The SMILES string of the molecule is COc1ccc(C2S/C(=C/c3ccccc3)c3ccccc32)cc1. The molecule has 0 aliphatic carbocycles. The van der Waals surface area contributed by atoms with Crippen molar-refractivity contribution in [3.8, 4) is 5.75 Å². The van der Waals surface area contributed by atoms with E-state index in [4.69, 9.17) is 4.74 Å². The monoisotopic (exact) mass is 330 g/mol. The van der Waals surface area contributed by atoms with Gasteiger partial charge in [0.05, 0.1) is 12.4 Å². The number of hydrogen-bond donors (Lipinski definition) is 0. The third-order valence-corrected chi connectivity index (χ3v) is 5.62. The van der Waals surface area contributed by atoms with Gasteiger partial charge in [-0.2, -0.15) is 0 Å². The zero-order chi connectivity index (χ0) is 16.4. The van der Waals surface area contributed by atoms with E-state index in [9.17, 15) is 0 Å². The van der Waals surface area contributed by atoms with Gasteiger partial charge in [0.25, 0.3) is 0 Å². The summed E-state index contributed by atoms with van der Waals surface area (Å²) in [6.45, 7) is 0. The smallest absolute Gasteiger partial charge is 0.118 e. The van der Waals surface area contributed by atoms with E-state index in [2.05, 4.69) is 72.8 Å². The van der Waals surface area contributed by atoms with Crippen LogP contribution in [0.4, 0.5) is 0 Å². The van der Waals surface area contributed by atoms with Gasteiger partial charge in [-0.25, -0.2) is 0 Å². The van der Waals surface area contributed by atoms with Crippen LogP contribution in [0, 0.1) is 0 Å². The molecule has 1 aliphatic rings. The van der Waals surface area contributed by atoms with Gasteiger partial charge < -0.3 is 4.74 Å². The molecule has 0 N–H and O–H groups in total. The molecule has 1 heterocycles. The molecule has 1 atom stereocenters. The van der Waals surface area contributed by atoms with Crippen LogP contribution in [0.2, 0.25) is 0 Å². The molecule has 3 aromatic rings. The van der Waals surface area contributed by atoms with Crippen molar-refractivity contribution in [2.45, 2.75) is 5.25 Å². The zero-order valence-electron chi connectivity index (χ0n) is 13.5. The Morgan fingerprint density at radius 3 is 2.29 bits per heavy atom. The highest BCUT2D eigenvalue weighted by Gasteiger charge is 2.28. The Balaban J connectivity index is 1.74. The second-order valence-electron chi connectivity index (χ2n) is 5.78. The quantitative estimate of drug-likeness (QED) is 0.580. The largest absolute Gasteiger partial charge is 0.497 e. The third-order valence-electron chi connectivity index (χ3n) is 4.27. The highest BCUT2D eigenvalue weighted by Crippen LogP contribution is 2.53. The predicted octanol–water partition coefficient (Wildman–Crippen LogP) is 6.03. The number of fused-ring (bicyclic) bond motifs is 1. The molecule has 0 fully saturated rings. The molecule has 4 rings (SSSR count). The normalized spacial score (nSPS) is 17.7. The minimum absolute atomic E-state index is 0.335. The molecular weight excluding hydrogens is 312 g/mol. The summed E-state index contributed by atoms with van der Waals surface area (Å²) in [6.07, 6.45) is 2.28. The van der Waals surface area contributed by atoms with E-state index in [0.717, 1.165) is 5.75 Å². The van der Waals surface area contributed by atoms with Gasteiger partial charge in [-0.05, 0) is 40.5 Å². The fraction of sp³-hybridized carbons (Fsp3) is 0.0909. The Hall–Kier alpha value is -2.45. The fourth-order valence-electron chi connectivity index (χ4n) is 3.04. The molecule has 0 radical (unpaired) electrons. The first-order valence-electron chi connectivity index (χ1n) is 8.02. The van der Waals surface area contributed by atoms with E-state index in [1.54, 1.807) is 7.11 Å². The van der Waals surface area contributed by atoms with Crippen molar-refractivity contribution >= 4 is 22.7 Å². The highest BCUT2D eigenvalue weighted by molar-refractivity contribution is 8.09. The van der Waals surface area contributed by atoms with Crippen LogP contribution in [0.3, 0.4) is 0 Å². The molecule has 0 aromatic heterocycles. The lowest BCUT2D eigenvalue weighted by Gasteiger charge is -2.11. The summed E-state index contributed by atoms with van der Waals surface area (Å²) in [5.74, 6) is 0.898. The zero-order valence-corrected chi connectivity index (χ0v) is 14.3. The van der Waals surface area contributed by atoms with Crippen molar-refractivity contribution in [3.63, 3.8) is 0 Å². The summed E-state index contributed by atoms with van der Waals surface area (Å²) >= 11 is 1.92. The van der Waals surface area contributed by atoms with Crippen LogP contribution >= 0.6 is 11.8 Å². The molecule has 1 unspecified atom stereocenters. The van der Waals surface area contributed by atoms with Crippen LogP contribution < -0.4 is 4.74 Å². The topological polar surface area (TPSA) is 9.23 Å².